The fraction of sp³-hybridized carbons (Fsp3) is 0.909. The first kappa shape index (κ1) is 15.7. The molecule has 0 aliphatic rings. The van der Waals surface area contributed by atoms with Crippen LogP contribution in [0.2, 0.25) is 0 Å². The average molecular weight is 249 g/mol. The van der Waals surface area contributed by atoms with E-state index in [-0.39, 0.29) is 6.54 Å². The van der Waals surface area contributed by atoms with E-state index in [1.807, 2.05) is 11.9 Å². The van der Waals surface area contributed by atoms with E-state index in [9.17, 15) is 9.90 Å². The molecule has 0 saturated carbocycles. The smallest absolute Gasteiger partial charge is 0.338 e. The van der Waals surface area contributed by atoms with Crippen molar-refractivity contribution in [2.24, 2.45) is 0 Å². The largest absolute Gasteiger partial charge is 0.467 e. The molecule has 5 heteroatoms. The molecule has 0 aliphatic heterocycles. The van der Waals surface area contributed by atoms with Crippen molar-refractivity contribution in [1.82, 2.24) is 4.90 Å². The summed E-state index contributed by atoms with van der Waals surface area (Å²) in [6.45, 7) is 3.86. The number of ether oxygens (including phenoxy) is 1. The molecular formula is C11H23NO3S. The molecule has 0 radical (unpaired) electrons. The van der Waals surface area contributed by atoms with Crippen molar-refractivity contribution < 1.29 is 14.6 Å². The molecule has 0 aromatic carbocycles. The van der Waals surface area contributed by atoms with Crippen LogP contribution < -0.4 is 0 Å². The zero-order valence-electron chi connectivity index (χ0n) is 10.8. The third kappa shape index (κ3) is 5.18. The molecule has 0 aliphatic carbocycles. The van der Waals surface area contributed by atoms with Gasteiger partial charge in [-0.25, -0.2) is 4.79 Å². The minimum absolute atomic E-state index is 0.287. The van der Waals surface area contributed by atoms with Gasteiger partial charge in [0.15, 0.2) is 5.60 Å². The third-order valence-electron chi connectivity index (χ3n) is 2.67. The summed E-state index contributed by atoms with van der Waals surface area (Å²) in [5.41, 5.74) is -1.43. The standard InChI is InChI=1S/C11H23NO3S/c1-9(6-7-16-5)12(3)8-11(2,14)10(13)15-4/h9,14H,6-8H2,1-5H3. The summed E-state index contributed by atoms with van der Waals surface area (Å²) in [6.07, 6.45) is 3.10. The van der Waals surface area contributed by atoms with Gasteiger partial charge in [-0.2, -0.15) is 11.8 Å². The maximum atomic E-state index is 11.3. The fourth-order valence-corrected chi connectivity index (χ4v) is 2.01. The van der Waals surface area contributed by atoms with Crippen molar-refractivity contribution in [2.75, 3.05) is 32.7 Å². The van der Waals surface area contributed by atoms with Gasteiger partial charge in [-0.3, -0.25) is 0 Å². The van der Waals surface area contributed by atoms with Crippen molar-refractivity contribution in [3.8, 4) is 0 Å². The molecule has 0 rings (SSSR count). The van der Waals surface area contributed by atoms with Crippen LogP contribution in [0.4, 0.5) is 0 Å². The molecule has 2 atom stereocenters. The van der Waals surface area contributed by atoms with E-state index < -0.39 is 11.6 Å². The van der Waals surface area contributed by atoms with Crippen LogP contribution in [0, 0.1) is 0 Å². The number of likely N-dealkylation sites (N-methyl/N-ethyl adjacent to an activating group) is 1. The lowest BCUT2D eigenvalue weighted by Crippen LogP contribution is -2.48. The number of hydrogen-bond acceptors (Lipinski definition) is 5. The molecule has 0 bridgehead atoms. The summed E-state index contributed by atoms with van der Waals surface area (Å²) in [4.78, 5) is 13.3. The summed E-state index contributed by atoms with van der Waals surface area (Å²) >= 11 is 1.80. The number of rotatable bonds is 7. The summed E-state index contributed by atoms with van der Waals surface area (Å²) in [5, 5.41) is 9.91. The first-order valence-corrected chi connectivity index (χ1v) is 6.74. The second kappa shape index (κ2) is 7.14. The Balaban J connectivity index is 4.20. The van der Waals surface area contributed by atoms with Crippen LogP contribution in [0.5, 0.6) is 0 Å². The Labute approximate surface area is 102 Å². The molecule has 0 saturated heterocycles. The molecule has 0 fully saturated rings. The van der Waals surface area contributed by atoms with Gasteiger partial charge in [0.25, 0.3) is 0 Å². The van der Waals surface area contributed by atoms with Gasteiger partial charge in [-0.1, -0.05) is 0 Å². The van der Waals surface area contributed by atoms with Crippen molar-refractivity contribution in [1.29, 1.82) is 0 Å². The maximum Gasteiger partial charge on any atom is 0.338 e. The Morgan fingerprint density at radius 1 is 1.62 bits per heavy atom. The number of aliphatic hydroxyl groups is 1. The first-order valence-electron chi connectivity index (χ1n) is 5.35. The van der Waals surface area contributed by atoms with Crippen LogP contribution in [0.15, 0.2) is 0 Å². The molecule has 0 aromatic rings. The van der Waals surface area contributed by atoms with E-state index in [0.717, 1.165) is 12.2 Å². The number of nitrogens with zero attached hydrogens (tertiary/aromatic N) is 1. The molecule has 0 amide bonds. The van der Waals surface area contributed by atoms with Gasteiger partial charge < -0.3 is 14.7 Å². The van der Waals surface area contributed by atoms with Crippen LogP contribution in [-0.4, -0.2) is 60.3 Å². The quantitative estimate of drug-likeness (QED) is 0.682. The molecule has 0 spiro atoms. The second-order valence-electron chi connectivity index (χ2n) is 4.31. The summed E-state index contributed by atoms with van der Waals surface area (Å²) in [7, 11) is 3.19. The van der Waals surface area contributed by atoms with Gasteiger partial charge in [0.05, 0.1) is 7.11 Å². The highest BCUT2D eigenvalue weighted by molar-refractivity contribution is 7.98. The summed E-state index contributed by atoms with van der Waals surface area (Å²) < 4.78 is 4.56. The number of hydrogen-bond donors (Lipinski definition) is 1. The van der Waals surface area contributed by atoms with Crippen LogP contribution in [0.3, 0.4) is 0 Å². The Hall–Kier alpha value is -0.260. The number of esters is 1. The minimum Gasteiger partial charge on any atom is -0.467 e. The predicted molar refractivity (Wildman–Crippen MR) is 67.7 cm³/mol. The molecule has 4 nitrogen and oxygen atoms in total. The van der Waals surface area contributed by atoms with Gasteiger partial charge in [-0.15, -0.1) is 0 Å². The van der Waals surface area contributed by atoms with Crippen LogP contribution >= 0.6 is 11.8 Å². The van der Waals surface area contributed by atoms with E-state index in [0.29, 0.717) is 6.04 Å². The molecule has 0 aromatic heterocycles. The molecule has 16 heavy (non-hydrogen) atoms. The van der Waals surface area contributed by atoms with Crippen LogP contribution in [-0.2, 0) is 9.53 Å². The zero-order chi connectivity index (χ0) is 12.8. The van der Waals surface area contributed by atoms with E-state index in [4.69, 9.17) is 0 Å². The summed E-state index contributed by atoms with van der Waals surface area (Å²) in [5.74, 6) is 0.489. The Kier molecular flexibility index (Phi) is 7.03. The highest BCUT2D eigenvalue weighted by atomic mass is 32.2. The van der Waals surface area contributed by atoms with Gasteiger partial charge >= 0.3 is 5.97 Å². The average Bonchev–Trinajstić information content (AvgIpc) is 2.23. The Bertz CT molecular complexity index is 221. The van der Waals surface area contributed by atoms with Gasteiger partial charge in [0, 0.05) is 12.6 Å². The van der Waals surface area contributed by atoms with Crippen molar-refractivity contribution in [3.05, 3.63) is 0 Å². The van der Waals surface area contributed by atoms with Gasteiger partial charge in [-0.05, 0) is 39.3 Å². The second-order valence-corrected chi connectivity index (χ2v) is 5.30. The van der Waals surface area contributed by atoms with Crippen LogP contribution in [0.25, 0.3) is 0 Å². The van der Waals surface area contributed by atoms with Crippen molar-refractivity contribution in [2.45, 2.75) is 31.9 Å². The van der Waals surface area contributed by atoms with Crippen molar-refractivity contribution in [3.63, 3.8) is 0 Å². The van der Waals surface area contributed by atoms with Crippen molar-refractivity contribution >= 4 is 17.7 Å². The highest BCUT2D eigenvalue weighted by Gasteiger charge is 2.33. The predicted octanol–water partition coefficient (Wildman–Crippen LogP) is 0.984. The maximum absolute atomic E-state index is 11.3. The number of thioether (sulfide) groups is 1. The Morgan fingerprint density at radius 2 is 2.19 bits per heavy atom. The van der Waals surface area contributed by atoms with E-state index >= 15 is 0 Å². The van der Waals surface area contributed by atoms with E-state index in [1.165, 1.54) is 14.0 Å². The lowest BCUT2D eigenvalue weighted by molar-refractivity contribution is -0.162. The lowest BCUT2D eigenvalue weighted by Gasteiger charge is -2.30. The van der Waals surface area contributed by atoms with Gasteiger partial charge in [0.2, 0.25) is 0 Å². The SMILES string of the molecule is COC(=O)C(C)(O)CN(C)C(C)CCSC. The molecule has 0 heterocycles. The minimum atomic E-state index is -1.43. The van der Waals surface area contributed by atoms with Gasteiger partial charge in [0.1, 0.15) is 0 Å². The Morgan fingerprint density at radius 3 is 2.62 bits per heavy atom. The number of methoxy groups -OCH3 is 1. The number of carbonyl (C=O) groups excluding carboxylic acids is 1. The molecule has 2 unspecified atom stereocenters. The number of carbonyl (C=O) groups is 1. The zero-order valence-corrected chi connectivity index (χ0v) is 11.6. The molecular weight excluding hydrogens is 226 g/mol. The third-order valence-corrected chi connectivity index (χ3v) is 3.32. The first-order chi connectivity index (χ1) is 7.35. The lowest BCUT2D eigenvalue weighted by atomic mass is 10.1. The van der Waals surface area contributed by atoms with E-state index in [2.05, 4.69) is 17.9 Å². The normalized spacial score (nSPS) is 16.9. The fourth-order valence-electron chi connectivity index (χ4n) is 1.43. The molecule has 1 N–H and O–H groups in total. The monoisotopic (exact) mass is 249 g/mol. The highest BCUT2D eigenvalue weighted by Crippen LogP contribution is 2.12. The van der Waals surface area contributed by atoms with E-state index in [1.54, 1.807) is 11.8 Å². The summed E-state index contributed by atoms with van der Waals surface area (Å²) in [6, 6.07) is 0.337. The topological polar surface area (TPSA) is 49.8 Å². The molecule has 96 valence electrons. The van der Waals surface area contributed by atoms with Crippen LogP contribution in [0.1, 0.15) is 20.3 Å².